The molecule has 1 N–H and O–H groups in total. The van der Waals surface area contributed by atoms with E-state index in [2.05, 4.69) is 50.4 Å². The first-order valence-electron chi connectivity index (χ1n) is 8.00. The van der Waals surface area contributed by atoms with Crippen molar-refractivity contribution in [3.63, 3.8) is 0 Å². The molecule has 0 saturated carbocycles. The van der Waals surface area contributed by atoms with Gasteiger partial charge in [0.1, 0.15) is 0 Å². The van der Waals surface area contributed by atoms with E-state index < -0.39 is 0 Å². The van der Waals surface area contributed by atoms with Crippen LogP contribution >= 0.6 is 0 Å². The molecule has 1 atom stereocenters. The third-order valence-electron chi connectivity index (χ3n) is 4.60. The van der Waals surface area contributed by atoms with E-state index >= 15 is 0 Å². The van der Waals surface area contributed by atoms with Crippen LogP contribution in [0.25, 0.3) is 0 Å². The molecule has 0 bridgehead atoms. The summed E-state index contributed by atoms with van der Waals surface area (Å²) in [6.45, 7) is 8.15. The Kier molecular flexibility index (Phi) is 5.04. The molecular formula is C18H28N2O. The zero-order chi connectivity index (χ0) is 15.5. The van der Waals surface area contributed by atoms with Crippen LogP contribution < -0.4 is 5.32 Å². The molecule has 0 radical (unpaired) electrons. The van der Waals surface area contributed by atoms with Crippen LogP contribution in [0.4, 0.5) is 0 Å². The Morgan fingerprint density at radius 2 is 1.90 bits per heavy atom. The molecule has 0 aromatic heterocycles. The van der Waals surface area contributed by atoms with Crippen LogP contribution in [0.2, 0.25) is 0 Å². The highest BCUT2D eigenvalue weighted by molar-refractivity contribution is 5.82. The standard InChI is InChI=1S/C18H28N2O/c1-5-14-7-9-15(10-8-14)13-20(4)17(21)16-18(2,3)11-6-12-19-16/h7-10,16,19H,5-6,11-13H2,1-4H3. The van der Waals surface area contributed by atoms with E-state index in [0.29, 0.717) is 6.54 Å². The topological polar surface area (TPSA) is 32.3 Å². The molecule has 0 aliphatic carbocycles. The summed E-state index contributed by atoms with van der Waals surface area (Å²) in [5.74, 6) is 0.208. The van der Waals surface area contributed by atoms with Crippen LogP contribution in [0.1, 0.15) is 44.7 Å². The Hall–Kier alpha value is -1.35. The van der Waals surface area contributed by atoms with Crippen molar-refractivity contribution in [2.24, 2.45) is 5.41 Å². The van der Waals surface area contributed by atoms with Crippen molar-refractivity contribution in [3.05, 3.63) is 35.4 Å². The van der Waals surface area contributed by atoms with E-state index in [1.165, 1.54) is 11.1 Å². The Balaban J connectivity index is 2.01. The summed E-state index contributed by atoms with van der Waals surface area (Å²) in [6.07, 6.45) is 3.31. The van der Waals surface area contributed by atoms with Gasteiger partial charge in [0.25, 0.3) is 0 Å². The number of hydrogen-bond donors (Lipinski definition) is 1. The fraction of sp³-hybridized carbons (Fsp3) is 0.611. The van der Waals surface area contributed by atoms with E-state index in [4.69, 9.17) is 0 Å². The molecular weight excluding hydrogens is 260 g/mol. The van der Waals surface area contributed by atoms with Crippen molar-refractivity contribution < 1.29 is 4.79 Å². The molecule has 3 heteroatoms. The van der Waals surface area contributed by atoms with Crippen LogP contribution in [0.5, 0.6) is 0 Å². The summed E-state index contributed by atoms with van der Waals surface area (Å²) in [4.78, 5) is 14.6. The molecule has 3 nitrogen and oxygen atoms in total. The third-order valence-corrected chi connectivity index (χ3v) is 4.60. The molecule has 1 aliphatic heterocycles. The number of aryl methyl sites for hydroxylation is 1. The molecule has 1 aromatic carbocycles. The predicted molar refractivity (Wildman–Crippen MR) is 87.1 cm³/mol. The molecule has 1 unspecified atom stereocenters. The maximum atomic E-state index is 12.7. The fourth-order valence-corrected chi connectivity index (χ4v) is 3.09. The van der Waals surface area contributed by atoms with E-state index in [-0.39, 0.29) is 17.4 Å². The summed E-state index contributed by atoms with van der Waals surface area (Å²) >= 11 is 0. The van der Waals surface area contributed by atoms with Crippen molar-refractivity contribution in [1.82, 2.24) is 10.2 Å². The lowest BCUT2D eigenvalue weighted by molar-refractivity contribution is -0.136. The molecule has 21 heavy (non-hydrogen) atoms. The van der Waals surface area contributed by atoms with Gasteiger partial charge in [0.05, 0.1) is 6.04 Å². The Morgan fingerprint density at radius 1 is 1.29 bits per heavy atom. The Bertz CT molecular complexity index is 478. The SMILES string of the molecule is CCc1ccc(CN(C)C(=O)C2NCCCC2(C)C)cc1. The highest BCUT2D eigenvalue weighted by Crippen LogP contribution is 2.31. The van der Waals surface area contributed by atoms with Gasteiger partial charge in [-0.15, -0.1) is 0 Å². The minimum absolute atomic E-state index is 0.0374. The second kappa shape index (κ2) is 6.61. The van der Waals surface area contributed by atoms with E-state index in [0.717, 1.165) is 25.8 Å². The van der Waals surface area contributed by atoms with E-state index in [1.54, 1.807) is 0 Å². The lowest BCUT2D eigenvalue weighted by atomic mass is 9.77. The van der Waals surface area contributed by atoms with Gasteiger partial charge in [-0.25, -0.2) is 0 Å². The summed E-state index contributed by atoms with van der Waals surface area (Å²) in [7, 11) is 1.91. The van der Waals surface area contributed by atoms with E-state index in [1.807, 2.05) is 11.9 Å². The molecule has 2 rings (SSSR count). The predicted octanol–water partition coefficient (Wildman–Crippen LogP) is 2.99. The number of piperidine rings is 1. The molecule has 116 valence electrons. The van der Waals surface area contributed by atoms with Crippen LogP contribution in [0.3, 0.4) is 0 Å². The van der Waals surface area contributed by atoms with Gasteiger partial charge in [-0.1, -0.05) is 45.0 Å². The van der Waals surface area contributed by atoms with Crippen LogP contribution in [0, 0.1) is 5.41 Å². The van der Waals surface area contributed by atoms with Gasteiger partial charge in [0.15, 0.2) is 0 Å². The number of rotatable bonds is 4. The largest absolute Gasteiger partial charge is 0.340 e. The summed E-state index contributed by atoms with van der Waals surface area (Å²) < 4.78 is 0. The number of benzene rings is 1. The minimum Gasteiger partial charge on any atom is -0.340 e. The van der Waals surface area contributed by atoms with Gasteiger partial charge < -0.3 is 10.2 Å². The highest BCUT2D eigenvalue weighted by atomic mass is 16.2. The molecule has 1 amide bonds. The Morgan fingerprint density at radius 3 is 2.48 bits per heavy atom. The quantitative estimate of drug-likeness (QED) is 0.924. The van der Waals surface area contributed by atoms with Crippen LogP contribution in [-0.4, -0.2) is 30.4 Å². The molecule has 1 saturated heterocycles. The van der Waals surface area contributed by atoms with Gasteiger partial charge in [0.2, 0.25) is 5.91 Å². The van der Waals surface area contributed by atoms with Crippen molar-refractivity contribution >= 4 is 5.91 Å². The maximum Gasteiger partial charge on any atom is 0.240 e. The lowest BCUT2D eigenvalue weighted by Crippen LogP contribution is -2.55. The van der Waals surface area contributed by atoms with Crippen LogP contribution in [0.15, 0.2) is 24.3 Å². The summed E-state index contributed by atoms with van der Waals surface area (Å²) in [5, 5.41) is 3.40. The van der Waals surface area contributed by atoms with Gasteiger partial charge in [-0.05, 0) is 42.3 Å². The number of nitrogens with zero attached hydrogens (tertiary/aromatic N) is 1. The zero-order valence-corrected chi connectivity index (χ0v) is 13.8. The fourth-order valence-electron chi connectivity index (χ4n) is 3.09. The summed E-state index contributed by atoms with van der Waals surface area (Å²) in [6, 6.07) is 8.49. The average Bonchev–Trinajstić information content (AvgIpc) is 2.47. The van der Waals surface area contributed by atoms with Crippen molar-refractivity contribution in [3.8, 4) is 0 Å². The van der Waals surface area contributed by atoms with Gasteiger partial charge in [-0.3, -0.25) is 4.79 Å². The smallest absolute Gasteiger partial charge is 0.240 e. The minimum atomic E-state index is -0.0637. The van der Waals surface area contributed by atoms with Crippen molar-refractivity contribution in [2.75, 3.05) is 13.6 Å². The van der Waals surface area contributed by atoms with Gasteiger partial charge in [-0.2, -0.15) is 0 Å². The first kappa shape index (κ1) is 16.0. The maximum absolute atomic E-state index is 12.7. The summed E-state index contributed by atoms with van der Waals surface area (Å²) in [5.41, 5.74) is 2.56. The molecule has 1 heterocycles. The highest BCUT2D eigenvalue weighted by Gasteiger charge is 2.38. The molecule has 1 aliphatic rings. The molecule has 1 fully saturated rings. The number of likely N-dealkylation sites (N-methyl/N-ethyl adjacent to an activating group) is 1. The van der Waals surface area contributed by atoms with Crippen molar-refractivity contribution in [2.45, 2.75) is 52.6 Å². The molecule has 0 spiro atoms. The van der Waals surface area contributed by atoms with Gasteiger partial charge in [0, 0.05) is 13.6 Å². The number of hydrogen-bond acceptors (Lipinski definition) is 2. The molecule has 1 aromatic rings. The van der Waals surface area contributed by atoms with Crippen molar-refractivity contribution in [1.29, 1.82) is 0 Å². The van der Waals surface area contributed by atoms with Gasteiger partial charge >= 0.3 is 0 Å². The monoisotopic (exact) mass is 288 g/mol. The first-order chi connectivity index (χ1) is 9.94. The van der Waals surface area contributed by atoms with E-state index in [9.17, 15) is 4.79 Å². The van der Waals surface area contributed by atoms with Crippen LogP contribution in [-0.2, 0) is 17.8 Å². The average molecular weight is 288 g/mol. The normalized spacial score (nSPS) is 21.0. The first-order valence-corrected chi connectivity index (χ1v) is 8.00. The number of carbonyl (C=O) groups is 1. The third kappa shape index (κ3) is 3.85. The number of nitrogens with one attached hydrogen (secondary N) is 1. The number of carbonyl (C=O) groups excluding carboxylic acids is 1. The Labute approximate surface area is 128 Å². The number of amides is 1. The second-order valence-corrected chi connectivity index (χ2v) is 6.84. The lowest BCUT2D eigenvalue weighted by Gasteiger charge is -2.40. The zero-order valence-electron chi connectivity index (χ0n) is 13.8. The second-order valence-electron chi connectivity index (χ2n) is 6.84.